The number of phenols is 1. The summed E-state index contributed by atoms with van der Waals surface area (Å²) in [6, 6.07) is 23.8. The molecular formula is C22H18O3. The highest BCUT2D eigenvalue weighted by Crippen LogP contribution is 2.22. The van der Waals surface area contributed by atoms with Crippen LogP contribution in [0.2, 0.25) is 0 Å². The molecule has 0 saturated heterocycles. The zero-order chi connectivity index (χ0) is 17.5. The summed E-state index contributed by atoms with van der Waals surface area (Å²) in [6.07, 6.45) is 3.05. The summed E-state index contributed by atoms with van der Waals surface area (Å²) in [6.45, 7) is 0.397. The number of hydrogen-bond donors (Lipinski definition) is 1. The van der Waals surface area contributed by atoms with E-state index in [1.807, 2.05) is 36.4 Å². The fourth-order valence-corrected chi connectivity index (χ4v) is 2.42. The van der Waals surface area contributed by atoms with E-state index in [0.717, 1.165) is 5.56 Å². The molecule has 0 atom stereocenters. The van der Waals surface area contributed by atoms with Crippen LogP contribution < -0.4 is 4.74 Å². The van der Waals surface area contributed by atoms with Crippen LogP contribution in [0.15, 0.2) is 84.9 Å². The second kappa shape index (κ2) is 7.97. The molecule has 0 aliphatic carbocycles. The smallest absolute Gasteiger partial charge is 0.189 e. The Balaban J connectivity index is 1.76. The molecule has 124 valence electrons. The maximum absolute atomic E-state index is 12.5. The van der Waals surface area contributed by atoms with Crippen LogP contribution in [0, 0.1) is 0 Å². The first-order valence-corrected chi connectivity index (χ1v) is 8.00. The van der Waals surface area contributed by atoms with Gasteiger partial charge in [0.15, 0.2) is 5.78 Å². The maximum atomic E-state index is 12.5. The largest absolute Gasteiger partial charge is 0.507 e. The summed E-state index contributed by atoms with van der Waals surface area (Å²) in [5.74, 6) is 0.505. The average molecular weight is 330 g/mol. The molecule has 0 spiro atoms. The third-order valence-corrected chi connectivity index (χ3v) is 3.74. The van der Waals surface area contributed by atoms with Gasteiger partial charge >= 0.3 is 0 Å². The van der Waals surface area contributed by atoms with Crippen molar-refractivity contribution in [1.29, 1.82) is 0 Å². The number of aromatic hydroxyl groups is 1. The SMILES string of the molecule is O=C(C=Cc1ccccc1O)c1ccccc1OCc1ccccc1. The maximum Gasteiger partial charge on any atom is 0.189 e. The van der Waals surface area contributed by atoms with Gasteiger partial charge in [0.1, 0.15) is 18.1 Å². The predicted octanol–water partition coefficient (Wildman–Crippen LogP) is 4.87. The molecule has 0 radical (unpaired) electrons. The molecule has 3 heteroatoms. The van der Waals surface area contributed by atoms with Crippen molar-refractivity contribution in [2.45, 2.75) is 6.61 Å². The Kier molecular flexibility index (Phi) is 5.27. The quantitative estimate of drug-likeness (QED) is 0.518. The van der Waals surface area contributed by atoms with E-state index in [4.69, 9.17) is 4.74 Å². The number of ketones is 1. The van der Waals surface area contributed by atoms with Gasteiger partial charge in [0, 0.05) is 5.56 Å². The van der Waals surface area contributed by atoms with Crippen molar-refractivity contribution in [1.82, 2.24) is 0 Å². The normalized spacial score (nSPS) is 10.7. The number of rotatable bonds is 6. The van der Waals surface area contributed by atoms with Crippen LogP contribution in [0.5, 0.6) is 11.5 Å². The summed E-state index contributed by atoms with van der Waals surface area (Å²) in [5.41, 5.74) is 2.12. The second-order valence-electron chi connectivity index (χ2n) is 5.53. The van der Waals surface area contributed by atoms with Crippen molar-refractivity contribution in [3.05, 3.63) is 102 Å². The second-order valence-corrected chi connectivity index (χ2v) is 5.53. The monoisotopic (exact) mass is 330 g/mol. The summed E-state index contributed by atoms with van der Waals surface area (Å²) in [7, 11) is 0. The molecule has 0 saturated carbocycles. The Morgan fingerprint density at radius 1 is 0.880 bits per heavy atom. The van der Waals surface area contributed by atoms with E-state index in [0.29, 0.717) is 23.5 Å². The Morgan fingerprint density at radius 3 is 2.36 bits per heavy atom. The van der Waals surface area contributed by atoms with Crippen LogP contribution in [0.1, 0.15) is 21.5 Å². The molecule has 0 amide bonds. The highest BCUT2D eigenvalue weighted by molar-refractivity contribution is 6.08. The van der Waals surface area contributed by atoms with Crippen LogP contribution in [0.25, 0.3) is 6.08 Å². The lowest BCUT2D eigenvalue weighted by Crippen LogP contribution is -2.02. The minimum absolute atomic E-state index is 0.139. The zero-order valence-corrected chi connectivity index (χ0v) is 13.6. The van der Waals surface area contributed by atoms with Crippen LogP contribution in [-0.2, 0) is 6.61 Å². The fraction of sp³-hybridized carbons (Fsp3) is 0.0455. The average Bonchev–Trinajstić information content (AvgIpc) is 2.66. The van der Waals surface area contributed by atoms with Gasteiger partial charge in [-0.2, -0.15) is 0 Å². The number of carbonyl (C=O) groups is 1. The molecular weight excluding hydrogens is 312 g/mol. The van der Waals surface area contributed by atoms with Crippen molar-refractivity contribution >= 4 is 11.9 Å². The third-order valence-electron chi connectivity index (χ3n) is 3.74. The minimum atomic E-state index is -0.174. The molecule has 0 heterocycles. The molecule has 1 N–H and O–H groups in total. The Hall–Kier alpha value is -3.33. The number of ether oxygens (including phenoxy) is 1. The van der Waals surface area contributed by atoms with Crippen molar-refractivity contribution < 1.29 is 14.6 Å². The lowest BCUT2D eigenvalue weighted by atomic mass is 10.1. The molecule has 3 aromatic rings. The number of carbonyl (C=O) groups excluding carboxylic acids is 1. The van der Waals surface area contributed by atoms with Crippen LogP contribution in [0.3, 0.4) is 0 Å². The summed E-state index contributed by atoms with van der Waals surface area (Å²) in [5, 5.41) is 9.77. The van der Waals surface area contributed by atoms with Gasteiger partial charge in [-0.3, -0.25) is 4.79 Å². The van der Waals surface area contributed by atoms with Gasteiger partial charge < -0.3 is 9.84 Å². The first-order chi connectivity index (χ1) is 12.2. The van der Waals surface area contributed by atoms with Crippen molar-refractivity contribution in [2.24, 2.45) is 0 Å². The van der Waals surface area contributed by atoms with Crippen LogP contribution in [-0.4, -0.2) is 10.9 Å². The van der Waals surface area contributed by atoms with Gasteiger partial charge in [-0.15, -0.1) is 0 Å². The van der Waals surface area contributed by atoms with Gasteiger partial charge in [-0.05, 0) is 35.9 Å². The first kappa shape index (κ1) is 16.5. The number of allylic oxidation sites excluding steroid dienone is 1. The van der Waals surface area contributed by atoms with E-state index in [1.165, 1.54) is 6.08 Å². The van der Waals surface area contributed by atoms with Gasteiger partial charge in [-0.1, -0.05) is 60.7 Å². The summed E-state index contributed by atoms with van der Waals surface area (Å²) >= 11 is 0. The molecule has 0 bridgehead atoms. The molecule has 0 unspecified atom stereocenters. The van der Waals surface area contributed by atoms with Crippen molar-refractivity contribution in [3.63, 3.8) is 0 Å². The lowest BCUT2D eigenvalue weighted by Gasteiger charge is -2.09. The molecule has 0 aromatic heterocycles. The predicted molar refractivity (Wildman–Crippen MR) is 98.7 cm³/mol. The Morgan fingerprint density at radius 2 is 1.56 bits per heavy atom. The topological polar surface area (TPSA) is 46.5 Å². The lowest BCUT2D eigenvalue weighted by molar-refractivity contribution is 0.104. The molecule has 3 aromatic carbocycles. The van der Waals surface area contributed by atoms with E-state index in [2.05, 4.69) is 0 Å². The molecule has 3 nitrogen and oxygen atoms in total. The highest BCUT2D eigenvalue weighted by atomic mass is 16.5. The van der Waals surface area contributed by atoms with Crippen molar-refractivity contribution in [2.75, 3.05) is 0 Å². The van der Waals surface area contributed by atoms with E-state index in [9.17, 15) is 9.90 Å². The highest BCUT2D eigenvalue weighted by Gasteiger charge is 2.10. The van der Waals surface area contributed by atoms with Gasteiger partial charge in [0.05, 0.1) is 5.56 Å². The van der Waals surface area contributed by atoms with Crippen molar-refractivity contribution in [3.8, 4) is 11.5 Å². The van der Waals surface area contributed by atoms with E-state index >= 15 is 0 Å². The number of benzene rings is 3. The summed E-state index contributed by atoms with van der Waals surface area (Å²) in [4.78, 5) is 12.5. The molecule has 25 heavy (non-hydrogen) atoms. The molecule has 0 aliphatic heterocycles. The fourth-order valence-electron chi connectivity index (χ4n) is 2.42. The molecule has 0 fully saturated rings. The zero-order valence-electron chi connectivity index (χ0n) is 13.6. The standard InChI is InChI=1S/C22H18O3/c23-20-12-6-4-10-18(20)14-15-21(24)19-11-5-7-13-22(19)25-16-17-8-2-1-3-9-17/h1-15,23H,16H2. The van der Waals surface area contributed by atoms with Gasteiger partial charge in [-0.25, -0.2) is 0 Å². The summed E-state index contributed by atoms with van der Waals surface area (Å²) < 4.78 is 5.82. The number of para-hydroxylation sites is 2. The number of hydrogen-bond acceptors (Lipinski definition) is 3. The Labute approximate surface area is 146 Å². The van der Waals surface area contributed by atoms with Crippen LogP contribution >= 0.6 is 0 Å². The van der Waals surface area contributed by atoms with Crippen LogP contribution in [0.4, 0.5) is 0 Å². The number of phenolic OH excluding ortho intramolecular Hbond substituents is 1. The van der Waals surface area contributed by atoms with Gasteiger partial charge in [0.25, 0.3) is 0 Å². The Bertz CT molecular complexity index is 883. The minimum Gasteiger partial charge on any atom is -0.507 e. The molecule has 0 aliphatic rings. The molecule has 3 rings (SSSR count). The third kappa shape index (κ3) is 4.36. The van der Waals surface area contributed by atoms with E-state index in [-0.39, 0.29) is 11.5 Å². The van der Waals surface area contributed by atoms with Gasteiger partial charge in [0.2, 0.25) is 0 Å². The van der Waals surface area contributed by atoms with E-state index in [1.54, 1.807) is 48.5 Å². The van der Waals surface area contributed by atoms with E-state index < -0.39 is 0 Å². The first-order valence-electron chi connectivity index (χ1n) is 8.00.